The van der Waals surface area contributed by atoms with E-state index >= 15 is 0 Å². The van der Waals surface area contributed by atoms with Gasteiger partial charge in [0.1, 0.15) is 6.26 Å². The van der Waals surface area contributed by atoms with E-state index in [2.05, 4.69) is 29.2 Å². The Balaban J connectivity index is 1.82. The summed E-state index contributed by atoms with van der Waals surface area (Å²) in [5, 5.41) is 7.53. The fourth-order valence-electron chi connectivity index (χ4n) is 2.31. The molecule has 2 rings (SSSR count). The predicted octanol–water partition coefficient (Wildman–Crippen LogP) is 1.49. The van der Waals surface area contributed by atoms with Gasteiger partial charge in [-0.3, -0.25) is 4.90 Å². The van der Waals surface area contributed by atoms with Gasteiger partial charge in [-0.1, -0.05) is 19.0 Å². The monoisotopic (exact) mass is 223 g/mol. The maximum atomic E-state index is 4.86. The summed E-state index contributed by atoms with van der Waals surface area (Å²) in [7, 11) is 0. The van der Waals surface area contributed by atoms with Crippen molar-refractivity contribution in [3.05, 3.63) is 18.0 Å². The Kier molecular flexibility index (Phi) is 3.96. The summed E-state index contributed by atoms with van der Waals surface area (Å²) < 4.78 is 4.86. The summed E-state index contributed by atoms with van der Waals surface area (Å²) in [6.07, 6.45) is 2.89. The van der Waals surface area contributed by atoms with Gasteiger partial charge in [-0.25, -0.2) is 0 Å². The second kappa shape index (κ2) is 5.46. The van der Waals surface area contributed by atoms with E-state index in [1.165, 1.54) is 6.42 Å². The van der Waals surface area contributed by atoms with E-state index in [0.29, 0.717) is 6.04 Å². The molecule has 1 aromatic rings. The van der Waals surface area contributed by atoms with Crippen molar-refractivity contribution in [2.75, 3.05) is 19.6 Å². The molecular formula is C12H21N3O. The lowest BCUT2D eigenvalue weighted by atomic mass is 10.0. The van der Waals surface area contributed by atoms with Crippen LogP contribution in [-0.4, -0.2) is 35.7 Å². The third-order valence-corrected chi connectivity index (χ3v) is 2.97. The van der Waals surface area contributed by atoms with Crippen LogP contribution in [0.5, 0.6) is 0 Å². The van der Waals surface area contributed by atoms with Crippen LogP contribution in [0.3, 0.4) is 0 Å². The van der Waals surface area contributed by atoms with Crippen molar-refractivity contribution in [1.82, 2.24) is 15.4 Å². The summed E-state index contributed by atoms with van der Waals surface area (Å²) in [4.78, 5) is 2.45. The minimum atomic E-state index is 0.626. The molecule has 0 radical (unpaired) electrons. The lowest BCUT2D eigenvalue weighted by Gasteiger charge is -2.34. The molecule has 0 aliphatic carbocycles. The van der Waals surface area contributed by atoms with Crippen LogP contribution in [0.4, 0.5) is 0 Å². The van der Waals surface area contributed by atoms with Gasteiger partial charge in [0.2, 0.25) is 0 Å². The van der Waals surface area contributed by atoms with Crippen LogP contribution in [0.2, 0.25) is 0 Å². The van der Waals surface area contributed by atoms with Crippen molar-refractivity contribution in [3.8, 4) is 0 Å². The van der Waals surface area contributed by atoms with E-state index in [1.54, 1.807) is 6.26 Å². The van der Waals surface area contributed by atoms with E-state index < -0.39 is 0 Å². The number of nitrogens with zero attached hydrogens (tertiary/aromatic N) is 2. The standard InChI is InChI=1S/C12H21N3O/c1-10(2)7-12-9-15(5-4-13-12)8-11-3-6-16-14-11/h3,6,10,12-13H,4-5,7-9H2,1-2H3. The highest BCUT2D eigenvalue weighted by Crippen LogP contribution is 2.11. The lowest BCUT2D eigenvalue weighted by Crippen LogP contribution is -2.50. The first kappa shape index (κ1) is 11.6. The third kappa shape index (κ3) is 3.32. The molecule has 0 amide bonds. The van der Waals surface area contributed by atoms with Crippen LogP contribution in [0, 0.1) is 5.92 Å². The molecule has 1 unspecified atom stereocenters. The molecule has 1 fully saturated rings. The van der Waals surface area contributed by atoms with Crippen LogP contribution in [-0.2, 0) is 6.54 Å². The van der Waals surface area contributed by atoms with Gasteiger partial charge >= 0.3 is 0 Å². The Hall–Kier alpha value is -0.870. The fourth-order valence-corrected chi connectivity index (χ4v) is 2.31. The Morgan fingerprint density at radius 2 is 2.50 bits per heavy atom. The average Bonchev–Trinajstić information content (AvgIpc) is 2.70. The zero-order valence-corrected chi connectivity index (χ0v) is 10.1. The number of rotatable bonds is 4. The lowest BCUT2D eigenvalue weighted by molar-refractivity contribution is 0.176. The van der Waals surface area contributed by atoms with E-state index in [0.717, 1.165) is 37.8 Å². The van der Waals surface area contributed by atoms with Crippen LogP contribution in [0.25, 0.3) is 0 Å². The maximum Gasteiger partial charge on any atom is 0.124 e. The molecule has 1 aromatic heterocycles. The molecule has 16 heavy (non-hydrogen) atoms. The van der Waals surface area contributed by atoms with Gasteiger partial charge < -0.3 is 9.84 Å². The number of piperazine rings is 1. The zero-order chi connectivity index (χ0) is 11.4. The third-order valence-electron chi connectivity index (χ3n) is 2.97. The summed E-state index contributed by atoms with van der Waals surface area (Å²) in [5.74, 6) is 0.754. The summed E-state index contributed by atoms with van der Waals surface area (Å²) in [6.45, 7) is 8.75. The second-order valence-corrected chi connectivity index (χ2v) is 5.01. The number of nitrogens with one attached hydrogen (secondary N) is 1. The smallest absolute Gasteiger partial charge is 0.124 e. The first-order valence-corrected chi connectivity index (χ1v) is 6.09. The van der Waals surface area contributed by atoms with Crippen LogP contribution in [0.1, 0.15) is 26.0 Å². The summed E-state index contributed by atoms with van der Waals surface area (Å²) in [5.41, 5.74) is 1.03. The first-order valence-electron chi connectivity index (χ1n) is 6.09. The molecule has 1 atom stereocenters. The van der Waals surface area contributed by atoms with Gasteiger partial charge in [-0.15, -0.1) is 0 Å². The molecule has 0 aromatic carbocycles. The van der Waals surface area contributed by atoms with Crippen LogP contribution >= 0.6 is 0 Å². The second-order valence-electron chi connectivity index (χ2n) is 5.01. The van der Waals surface area contributed by atoms with Gasteiger partial charge in [0.05, 0.1) is 5.69 Å². The van der Waals surface area contributed by atoms with Crippen LogP contribution < -0.4 is 5.32 Å². The van der Waals surface area contributed by atoms with Gasteiger partial charge in [-0.2, -0.15) is 0 Å². The topological polar surface area (TPSA) is 41.3 Å². The van der Waals surface area contributed by atoms with Crippen molar-refractivity contribution < 1.29 is 4.52 Å². The van der Waals surface area contributed by atoms with Crippen molar-refractivity contribution in [2.45, 2.75) is 32.9 Å². The Morgan fingerprint density at radius 3 is 3.19 bits per heavy atom. The maximum absolute atomic E-state index is 4.86. The highest BCUT2D eigenvalue weighted by molar-refractivity contribution is 4.96. The SMILES string of the molecule is CC(C)CC1CN(Cc2ccon2)CCN1. The molecule has 2 heterocycles. The Morgan fingerprint density at radius 1 is 1.62 bits per heavy atom. The van der Waals surface area contributed by atoms with Crippen molar-refractivity contribution in [1.29, 1.82) is 0 Å². The minimum absolute atomic E-state index is 0.626. The Bertz CT molecular complexity index is 297. The van der Waals surface area contributed by atoms with Crippen molar-refractivity contribution in [2.24, 2.45) is 5.92 Å². The highest BCUT2D eigenvalue weighted by Gasteiger charge is 2.20. The molecule has 0 bridgehead atoms. The molecular weight excluding hydrogens is 202 g/mol. The Labute approximate surface area is 97.0 Å². The molecule has 4 heteroatoms. The minimum Gasteiger partial charge on any atom is -0.364 e. The average molecular weight is 223 g/mol. The molecule has 0 spiro atoms. The number of hydrogen-bond donors (Lipinski definition) is 1. The van der Waals surface area contributed by atoms with Crippen molar-refractivity contribution in [3.63, 3.8) is 0 Å². The fraction of sp³-hybridized carbons (Fsp3) is 0.750. The molecule has 4 nitrogen and oxygen atoms in total. The van der Waals surface area contributed by atoms with Gasteiger partial charge in [-0.05, 0) is 12.3 Å². The summed E-state index contributed by atoms with van der Waals surface area (Å²) >= 11 is 0. The number of hydrogen-bond acceptors (Lipinski definition) is 4. The van der Waals surface area contributed by atoms with Crippen molar-refractivity contribution >= 4 is 0 Å². The molecule has 1 aliphatic rings. The first-order chi connectivity index (χ1) is 7.74. The number of aromatic nitrogens is 1. The van der Waals surface area contributed by atoms with Gasteiger partial charge in [0, 0.05) is 38.3 Å². The molecule has 0 saturated carbocycles. The van der Waals surface area contributed by atoms with E-state index in [4.69, 9.17) is 4.52 Å². The van der Waals surface area contributed by atoms with Crippen LogP contribution in [0.15, 0.2) is 16.9 Å². The predicted molar refractivity (Wildman–Crippen MR) is 63.0 cm³/mol. The normalized spacial score (nSPS) is 22.8. The van der Waals surface area contributed by atoms with E-state index in [9.17, 15) is 0 Å². The molecule has 1 aliphatic heterocycles. The molecule has 1 N–H and O–H groups in total. The quantitative estimate of drug-likeness (QED) is 0.839. The summed E-state index contributed by atoms with van der Waals surface area (Å²) in [6, 6.07) is 2.57. The molecule has 1 saturated heterocycles. The van der Waals surface area contributed by atoms with E-state index in [-0.39, 0.29) is 0 Å². The zero-order valence-electron chi connectivity index (χ0n) is 10.1. The van der Waals surface area contributed by atoms with Gasteiger partial charge in [0.15, 0.2) is 0 Å². The van der Waals surface area contributed by atoms with E-state index in [1.807, 2.05) is 6.07 Å². The molecule has 90 valence electrons. The largest absolute Gasteiger partial charge is 0.364 e. The highest BCUT2D eigenvalue weighted by atomic mass is 16.5. The van der Waals surface area contributed by atoms with Gasteiger partial charge in [0.25, 0.3) is 0 Å².